The highest BCUT2D eigenvalue weighted by Crippen LogP contribution is 2.28. The van der Waals surface area contributed by atoms with E-state index in [1.54, 1.807) is 6.08 Å². The number of allylic oxidation sites excluding steroid dienone is 1. The largest absolute Gasteiger partial charge is 0.481 e. The van der Waals surface area contributed by atoms with Gasteiger partial charge in [0, 0.05) is 36.8 Å². The number of aryl methyl sites for hydroxylation is 3. The molecule has 1 heterocycles. The Hall–Kier alpha value is -3.77. The monoisotopic (exact) mass is 564 g/mol. The Morgan fingerprint density at radius 1 is 1.05 bits per heavy atom. The molecule has 3 rings (SSSR count). The Morgan fingerprint density at radius 3 is 2.40 bits per heavy atom. The molecule has 0 radical (unpaired) electrons. The van der Waals surface area contributed by atoms with Crippen molar-refractivity contribution in [3.63, 3.8) is 0 Å². The van der Waals surface area contributed by atoms with E-state index in [4.69, 9.17) is 21.4 Å². The molecule has 214 valence electrons. The second kappa shape index (κ2) is 15.7. The van der Waals surface area contributed by atoms with Crippen LogP contribution in [0.25, 0.3) is 12.2 Å². The third kappa shape index (κ3) is 8.36. The van der Waals surface area contributed by atoms with Gasteiger partial charge in [-0.25, -0.2) is 0 Å². The van der Waals surface area contributed by atoms with Crippen LogP contribution in [0.2, 0.25) is 0 Å². The smallest absolute Gasteiger partial charge is 0.303 e. The zero-order valence-corrected chi connectivity index (χ0v) is 25.4. The zero-order chi connectivity index (χ0) is 29.8. The van der Waals surface area contributed by atoms with Crippen molar-refractivity contribution in [1.82, 2.24) is 9.88 Å². The van der Waals surface area contributed by atoms with Crippen molar-refractivity contribution < 1.29 is 19.4 Å². The van der Waals surface area contributed by atoms with Crippen LogP contribution < -0.4 is 10.1 Å². The zero-order valence-electron chi connectivity index (χ0n) is 24.6. The van der Waals surface area contributed by atoms with Gasteiger partial charge in [0.25, 0.3) is 5.91 Å². The highest BCUT2D eigenvalue weighted by molar-refractivity contribution is 6.27. The lowest BCUT2D eigenvalue weighted by Crippen LogP contribution is -2.25. The van der Waals surface area contributed by atoms with Crippen LogP contribution in [0, 0.1) is 13.8 Å². The number of rotatable bonds is 11. The number of aliphatic carboxylic acids is 1. The normalized spacial score (nSPS) is 11.0. The van der Waals surface area contributed by atoms with Crippen LogP contribution in [0.3, 0.4) is 0 Å². The third-order valence-corrected chi connectivity index (χ3v) is 6.59. The van der Waals surface area contributed by atoms with E-state index < -0.39 is 5.97 Å². The molecular weight excluding hydrogens is 524 g/mol. The fraction of sp³-hybridized carbons (Fsp3) is 0.333. The van der Waals surface area contributed by atoms with Gasteiger partial charge in [-0.15, -0.1) is 0 Å². The molecule has 6 nitrogen and oxygen atoms in total. The van der Waals surface area contributed by atoms with E-state index in [1.165, 1.54) is 5.54 Å². The van der Waals surface area contributed by atoms with Gasteiger partial charge in [0.05, 0.1) is 0 Å². The average molecular weight is 565 g/mol. The number of hydrogen-bond donors (Lipinski definition) is 2. The fourth-order valence-electron chi connectivity index (χ4n) is 4.70. The summed E-state index contributed by atoms with van der Waals surface area (Å²) in [5.41, 5.74) is 8.76. The van der Waals surface area contributed by atoms with Gasteiger partial charge in [-0.3, -0.25) is 9.59 Å². The van der Waals surface area contributed by atoms with Gasteiger partial charge in [0.1, 0.15) is 17.2 Å². The highest BCUT2D eigenvalue weighted by atomic mass is 35.5. The van der Waals surface area contributed by atoms with Gasteiger partial charge < -0.3 is 19.7 Å². The fourth-order valence-corrected chi connectivity index (χ4v) is 4.82. The summed E-state index contributed by atoms with van der Waals surface area (Å²) in [5.74, 6) is 0.394. The van der Waals surface area contributed by atoms with Gasteiger partial charge >= 0.3 is 5.97 Å². The highest BCUT2D eigenvalue weighted by Gasteiger charge is 2.20. The molecule has 0 unspecified atom stereocenters. The van der Waals surface area contributed by atoms with E-state index in [-0.39, 0.29) is 12.3 Å². The Morgan fingerprint density at radius 2 is 1.77 bits per heavy atom. The molecule has 0 saturated carbocycles. The molecule has 0 atom stereocenters. The van der Waals surface area contributed by atoms with Gasteiger partial charge in [0.15, 0.2) is 0 Å². The Balaban J connectivity index is 0.00000274. The Labute approximate surface area is 243 Å². The number of benzene rings is 2. The van der Waals surface area contributed by atoms with Crippen molar-refractivity contribution in [2.75, 3.05) is 0 Å². The van der Waals surface area contributed by atoms with Crippen molar-refractivity contribution in [1.29, 1.82) is 0 Å². The molecule has 0 aliphatic rings. The minimum absolute atomic E-state index is 0.101. The molecule has 1 amide bonds. The number of amides is 1. The number of nitrogens with zero attached hydrogens (tertiary/aromatic N) is 1. The maximum atomic E-state index is 13.2. The van der Waals surface area contributed by atoms with Crippen molar-refractivity contribution >= 4 is 35.6 Å². The molecule has 0 spiro atoms. The number of halogens is 1. The lowest BCUT2D eigenvalue weighted by Gasteiger charge is -2.13. The summed E-state index contributed by atoms with van der Waals surface area (Å²) in [5, 5.41) is 12.0. The van der Waals surface area contributed by atoms with Crippen molar-refractivity contribution in [3.8, 4) is 11.5 Å². The maximum absolute atomic E-state index is 13.2. The predicted octanol–water partition coefficient (Wildman–Crippen LogP) is 8.21. The number of carbonyl (C=O) groups excluding carboxylic acids is 1. The van der Waals surface area contributed by atoms with E-state index in [0.717, 1.165) is 45.5 Å². The van der Waals surface area contributed by atoms with Crippen molar-refractivity contribution in [3.05, 3.63) is 92.8 Å². The standard InChI is InChI=1S/C31H35ClN2O4.C2H6/c1-6-8-28-27(13-14-32)21(4)30(34(28)5)31(37)33-19-22-15-20(3)16-26(17-22)38-25-11-9-24(10-12-29(35)36)23(7-2)18-25;1-2/h6,8-9,11,13-18H,7,10,12,19H2,1-5H3,(H,33,37)(H,35,36);1-2H3/b8-6-,14-13+;. The molecule has 0 saturated heterocycles. The van der Waals surface area contributed by atoms with Crippen LogP contribution in [-0.4, -0.2) is 21.6 Å². The Bertz CT molecular complexity index is 1350. The summed E-state index contributed by atoms with van der Waals surface area (Å²) in [6.45, 7) is 12.2. The van der Waals surface area contributed by atoms with Gasteiger partial charge in [-0.1, -0.05) is 50.6 Å². The molecule has 40 heavy (non-hydrogen) atoms. The summed E-state index contributed by atoms with van der Waals surface area (Å²) in [4.78, 5) is 24.2. The number of carboxylic acid groups (broad SMARTS) is 1. The van der Waals surface area contributed by atoms with Crippen LogP contribution in [0.4, 0.5) is 0 Å². The second-order valence-electron chi connectivity index (χ2n) is 9.24. The lowest BCUT2D eigenvalue weighted by atomic mass is 10.0. The minimum Gasteiger partial charge on any atom is -0.481 e. The summed E-state index contributed by atoms with van der Waals surface area (Å²) in [7, 11) is 1.87. The first kappa shape index (κ1) is 32.4. The average Bonchev–Trinajstić information content (AvgIpc) is 3.16. The topological polar surface area (TPSA) is 80.6 Å². The van der Waals surface area contributed by atoms with Gasteiger partial charge in [-0.05, 0) is 97.8 Å². The van der Waals surface area contributed by atoms with Gasteiger partial charge in [0.2, 0.25) is 0 Å². The van der Waals surface area contributed by atoms with E-state index in [9.17, 15) is 9.59 Å². The maximum Gasteiger partial charge on any atom is 0.303 e. The van der Waals surface area contributed by atoms with E-state index in [2.05, 4.69) is 5.32 Å². The molecule has 7 heteroatoms. The predicted molar refractivity (Wildman–Crippen MR) is 165 cm³/mol. The molecular formula is C33H41ClN2O4. The van der Waals surface area contributed by atoms with Gasteiger partial charge in [-0.2, -0.15) is 0 Å². The number of ether oxygens (including phenoxy) is 1. The van der Waals surface area contributed by atoms with Crippen LogP contribution in [0.15, 0.2) is 48.0 Å². The Kier molecular flexibility index (Phi) is 12.8. The molecule has 2 N–H and O–H groups in total. The first-order valence-electron chi connectivity index (χ1n) is 13.7. The molecule has 0 fully saturated rings. The molecule has 3 aromatic rings. The van der Waals surface area contributed by atoms with Crippen molar-refractivity contribution in [2.24, 2.45) is 7.05 Å². The minimum atomic E-state index is -0.806. The summed E-state index contributed by atoms with van der Waals surface area (Å²) < 4.78 is 8.05. The number of nitrogens with one attached hydrogen (secondary N) is 1. The quantitative estimate of drug-likeness (QED) is 0.246. The van der Waals surface area contributed by atoms with Crippen LogP contribution in [0.1, 0.15) is 83.7 Å². The number of carbonyl (C=O) groups is 2. The van der Waals surface area contributed by atoms with Crippen molar-refractivity contribution in [2.45, 2.75) is 67.3 Å². The molecule has 2 aromatic carbocycles. The number of aromatic nitrogens is 1. The SMILES string of the molecule is C/C=C\c1c(/C=C/Cl)c(C)c(C(=O)NCc2cc(C)cc(Oc3ccc(CCC(=O)O)c(CC)c3)c2)n1C.CC. The molecule has 1 aromatic heterocycles. The summed E-state index contributed by atoms with van der Waals surface area (Å²) >= 11 is 5.85. The molecule has 0 aliphatic heterocycles. The molecule has 0 aliphatic carbocycles. The third-order valence-electron chi connectivity index (χ3n) is 6.47. The first-order chi connectivity index (χ1) is 19.2. The first-order valence-corrected chi connectivity index (χ1v) is 14.1. The van der Waals surface area contributed by atoms with Crippen LogP contribution in [0.5, 0.6) is 11.5 Å². The summed E-state index contributed by atoms with van der Waals surface area (Å²) in [6.07, 6.45) is 7.08. The summed E-state index contributed by atoms with van der Waals surface area (Å²) in [6, 6.07) is 11.7. The molecule has 0 bridgehead atoms. The number of hydrogen-bond acceptors (Lipinski definition) is 3. The lowest BCUT2D eigenvalue weighted by molar-refractivity contribution is -0.136. The van der Waals surface area contributed by atoms with Crippen LogP contribution >= 0.6 is 11.6 Å². The van der Waals surface area contributed by atoms with E-state index >= 15 is 0 Å². The number of carboxylic acids is 1. The van der Waals surface area contributed by atoms with E-state index in [1.807, 2.05) is 102 Å². The van der Waals surface area contributed by atoms with E-state index in [0.29, 0.717) is 30.2 Å². The second-order valence-corrected chi connectivity index (χ2v) is 9.49. The van der Waals surface area contributed by atoms with Crippen LogP contribution in [-0.2, 0) is 31.2 Å².